The summed E-state index contributed by atoms with van der Waals surface area (Å²) in [6, 6.07) is 7.35. The van der Waals surface area contributed by atoms with Gasteiger partial charge in [0.25, 0.3) is 5.91 Å². The minimum absolute atomic E-state index is 0.0899. The van der Waals surface area contributed by atoms with E-state index < -0.39 is 5.97 Å². The average molecular weight is 370 g/mol. The van der Waals surface area contributed by atoms with Gasteiger partial charge in [-0.1, -0.05) is 41.4 Å². The van der Waals surface area contributed by atoms with Crippen LogP contribution >= 0.6 is 23.2 Å². The predicted molar refractivity (Wildman–Crippen MR) is 91.5 cm³/mol. The van der Waals surface area contributed by atoms with Crippen molar-refractivity contribution in [2.75, 3.05) is 13.7 Å². The summed E-state index contributed by atoms with van der Waals surface area (Å²) < 4.78 is 6.04. The van der Waals surface area contributed by atoms with Crippen molar-refractivity contribution in [2.24, 2.45) is 0 Å². The van der Waals surface area contributed by atoms with Crippen molar-refractivity contribution < 1.29 is 14.3 Å². The van der Waals surface area contributed by atoms with Gasteiger partial charge in [-0.2, -0.15) is 5.10 Å². The molecule has 1 aromatic heterocycles. The van der Waals surface area contributed by atoms with Gasteiger partial charge < -0.3 is 10.1 Å². The van der Waals surface area contributed by atoms with Crippen LogP contribution in [0.3, 0.4) is 0 Å². The fourth-order valence-electron chi connectivity index (χ4n) is 2.17. The Bertz CT molecular complexity index is 759. The monoisotopic (exact) mass is 369 g/mol. The van der Waals surface area contributed by atoms with Gasteiger partial charge in [-0.3, -0.25) is 9.59 Å². The first-order chi connectivity index (χ1) is 11.4. The molecule has 0 fully saturated rings. The number of ether oxygens (including phenoxy) is 1. The van der Waals surface area contributed by atoms with Crippen molar-refractivity contribution in [3.63, 3.8) is 0 Å². The molecule has 6 nitrogen and oxygen atoms in total. The van der Waals surface area contributed by atoms with E-state index in [4.69, 9.17) is 23.2 Å². The van der Waals surface area contributed by atoms with Gasteiger partial charge in [0.05, 0.1) is 31.3 Å². The van der Waals surface area contributed by atoms with Gasteiger partial charge >= 0.3 is 5.97 Å². The zero-order valence-corrected chi connectivity index (χ0v) is 14.8. The Morgan fingerprint density at radius 3 is 2.67 bits per heavy atom. The Morgan fingerprint density at radius 2 is 2.00 bits per heavy atom. The molecule has 24 heavy (non-hydrogen) atoms. The third-order valence-corrected chi connectivity index (χ3v) is 4.17. The summed E-state index contributed by atoms with van der Waals surface area (Å²) in [5.74, 6) is -0.778. The molecule has 1 aromatic carbocycles. The van der Waals surface area contributed by atoms with Gasteiger partial charge in [-0.25, -0.2) is 4.68 Å². The second kappa shape index (κ2) is 8.17. The summed E-state index contributed by atoms with van der Waals surface area (Å²) in [5, 5.41) is 7.76. The average Bonchev–Trinajstić information content (AvgIpc) is 2.83. The minimum Gasteiger partial charge on any atom is -0.469 e. The topological polar surface area (TPSA) is 73.2 Å². The standard InChI is InChI=1S/C16H17Cl2N3O3/c1-10-14(16(23)19-8-7-13(22)24-2)15(18)21(20-10)9-11-5-3-4-6-12(11)17/h3-6H,7-9H2,1-2H3,(H,19,23). The molecule has 2 aromatic rings. The largest absolute Gasteiger partial charge is 0.469 e. The Labute approximate surface area is 149 Å². The molecule has 1 N–H and O–H groups in total. The van der Waals surface area contributed by atoms with Gasteiger partial charge in [0.1, 0.15) is 5.15 Å². The molecule has 2 rings (SSSR count). The number of carbonyl (C=O) groups excluding carboxylic acids is 2. The third kappa shape index (κ3) is 4.27. The van der Waals surface area contributed by atoms with E-state index in [9.17, 15) is 9.59 Å². The zero-order chi connectivity index (χ0) is 17.7. The quantitative estimate of drug-likeness (QED) is 0.794. The summed E-state index contributed by atoms with van der Waals surface area (Å²) in [5.41, 5.74) is 1.64. The van der Waals surface area contributed by atoms with Crippen molar-refractivity contribution in [2.45, 2.75) is 19.9 Å². The predicted octanol–water partition coefficient (Wildman–Crippen LogP) is 2.84. The van der Waals surface area contributed by atoms with E-state index in [1.807, 2.05) is 18.2 Å². The zero-order valence-electron chi connectivity index (χ0n) is 13.3. The SMILES string of the molecule is COC(=O)CCNC(=O)c1c(C)nn(Cc2ccccc2Cl)c1Cl. The molecule has 0 unspecified atom stereocenters. The van der Waals surface area contributed by atoms with E-state index in [0.29, 0.717) is 17.3 Å². The van der Waals surface area contributed by atoms with Crippen molar-refractivity contribution >= 4 is 35.1 Å². The minimum atomic E-state index is -0.396. The number of nitrogens with one attached hydrogen (secondary N) is 1. The van der Waals surface area contributed by atoms with Crippen LogP contribution in [-0.4, -0.2) is 35.3 Å². The fourth-order valence-corrected chi connectivity index (χ4v) is 2.69. The van der Waals surface area contributed by atoms with Crippen LogP contribution in [0.5, 0.6) is 0 Å². The molecule has 0 radical (unpaired) electrons. The van der Waals surface area contributed by atoms with Crippen LogP contribution in [-0.2, 0) is 16.1 Å². The van der Waals surface area contributed by atoms with Gasteiger partial charge in [0.15, 0.2) is 0 Å². The van der Waals surface area contributed by atoms with E-state index >= 15 is 0 Å². The van der Waals surface area contributed by atoms with Crippen molar-refractivity contribution in [1.29, 1.82) is 0 Å². The van der Waals surface area contributed by atoms with Crippen LogP contribution in [0.15, 0.2) is 24.3 Å². The number of methoxy groups -OCH3 is 1. The van der Waals surface area contributed by atoms with E-state index in [1.165, 1.54) is 11.8 Å². The van der Waals surface area contributed by atoms with E-state index in [0.717, 1.165) is 5.56 Å². The van der Waals surface area contributed by atoms with Crippen LogP contribution in [0.4, 0.5) is 0 Å². The van der Waals surface area contributed by atoms with Crippen LogP contribution in [0, 0.1) is 6.92 Å². The highest BCUT2D eigenvalue weighted by molar-refractivity contribution is 6.33. The van der Waals surface area contributed by atoms with Crippen LogP contribution < -0.4 is 5.32 Å². The molecule has 0 saturated carbocycles. The van der Waals surface area contributed by atoms with E-state index in [2.05, 4.69) is 15.2 Å². The maximum Gasteiger partial charge on any atom is 0.307 e. The number of halogens is 2. The Morgan fingerprint density at radius 1 is 1.29 bits per heavy atom. The van der Waals surface area contributed by atoms with Crippen molar-refractivity contribution in [1.82, 2.24) is 15.1 Å². The normalized spacial score (nSPS) is 10.5. The fraction of sp³-hybridized carbons (Fsp3) is 0.312. The molecule has 0 aliphatic heterocycles. The summed E-state index contributed by atoms with van der Waals surface area (Å²) in [7, 11) is 1.30. The molecule has 1 amide bonds. The maximum absolute atomic E-state index is 12.3. The molecule has 0 aliphatic rings. The lowest BCUT2D eigenvalue weighted by Crippen LogP contribution is -2.27. The van der Waals surface area contributed by atoms with Gasteiger partial charge in [0, 0.05) is 11.6 Å². The van der Waals surface area contributed by atoms with Gasteiger partial charge in [-0.05, 0) is 18.6 Å². The maximum atomic E-state index is 12.3. The first-order valence-electron chi connectivity index (χ1n) is 7.25. The molecule has 0 bridgehead atoms. The summed E-state index contributed by atoms with van der Waals surface area (Å²) in [6.45, 7) is 2.22. The highest BCUT2D eigenvalue weighted by Crippen LogP contribution is 2.23. The molecule has 0 saturated heterocycles. The molecule has 8 heteroatoms. The molecular weight excluding hydrogens is 353 g/mol. The summed E-state index contributed by atoms with van der Waals surface area (Å²) in [6.07, 6.45) is 0.0899. The summed E-state index contributed by atoms with van der Waals surface area (Å²) >= 11 is 12.4. The third-order valence-electron chi connectivity index (χ3n) is 3.41. The molecule has 0 atom stereocenters. The number of amides is 1. The second-order valence-electron chi connectivity index (χ2n) is 5.08. The number of esters is 1. The smallest absolute Gasteiger partial charge is 0.307 e. The van der Waals surface area contributed by atoms with Crippen LogP contribution in [0.2, 0.25) is 10.2 Å². The number of hydrogen-bond donors (Lipinski definition) is 1. The lowest BCUT2D eigenvalue weighted by atomic mass is 10.2. The highest BCUT2D eigenvalue weighted by atomic mass is 35.5. The Balaban J connectivity index is 2.12. The Kier molecular flexibility index (Phi) is 6.23. The van der Waals surface area contributed by atoms with E-state index in [-0.39, 0.29) is 29.6 Å². The van der Waals surface area contributed by atoms with Crippen molar-refractivity contribution in [3.8, 4) is 0 Å². The van der Waals surface area contributed by atoms with Gasteiger partial charge in [0.2, 0.25) is 0 Å². The lowest BCUT2D eigenvalue weighted by molar-refractivity contribution is -0.140. The van der Waals surface area contributed by atoms with E-state index in [1.54, 1.807) is 13.0 Å². The highest BCUT2D eigenvalue weighted by Gasteiger charge is 2.20. The first-order valence-corrected chi connectivity index (χ1v) is 8.01. The number of aromatic nitrogens is 2. The van der Waals surface area contributed by atoms with Crippen LogP contribution in [0.1, 0.15) is 28.0 Å². The molecular formula is C16H17Cl2N3O3. The number of nitrogens with zero attached hydrogens (tertiary/aromatic N) is 2. The molecule has 128 valence electrons. The van der Waals surface area contributed by atoms with Crippen molar-refractivity contribution in [3.05, 3.63) is 51.3 Å². The Hall–Kier alpha value is -2.05. The molecule has 0 spiro atoms. The number of aryl methyl sites for hydroxylation is 1. The van der Waals surface area contributed by atoms with Crippen LogP contribution in [0.25, 0.3) is 0 Å². The number of rotatable bonds is 6. The van der Waals surface area contributed by atoms with Gasteiger partial charge in [-0.15, -0.1) is 0 Å². The first kappa shape index (κ1) is 18.3. The number of hydrogen-bond acceptors (Lipinski definition) is 4. The number of benzene rings is 1. The molecule has 1 heterocycles. The lowest BCUT2D eigenvalue weighted by Gasteiger charge is -2.06. The second-order valence-corrected chi connectivity index (χ2v) is 5.85. The molecule has 0 aliphatic carbocycles. The number of carbonyl (C=O) groups is 2. The summed E-state index contributed by atoms with van der Waals surface area (Å²) in [4.78, 5) is 23.3.